The molecule has 1 N–H and O–H groups in total. The van der Waals surface area contributed by atoms with E-state index < -0.39 is 0 Å². The minimum Gasteiger partial charge on any atom is -0.360 e. The van der Waals surface area contributed by atoms with Gasteiger partial charge in [-0.15, -0.1) is 0 Å². The topological polar surface area (TPSA) is 55.1 Å². The Hall–Kier alpha value is -0.970. The molecular weight excluding hydrogens is 212 g/mol. The average Bonchev–Trinajstić information content (AvgIpc) is 2.50. The van der Waals surface area contributed by atoms with E-state index in [1.807, 2.05) is 0 Å². The third-order valence-corrected chi connectivity index (χ3v) is 2.95. The summed E-state index contributed by atoms with van der Waals surface area (Å²) in [4.78, 5) is 11.4. The van der Waals surface area contributed by atoms with Gasteiger partial charge in [-0.05, 0) is 18.6 Å². The predicted octanol–water partition coefficient (Wildman–Crippen LogP) is 2.31. The maximum atomic E-state index is 11.4. The van der Waals surface area contributed by atoms with E-state index in [9.17, 15) is 4.79 Å². The maximum absolute atomic E-state index is 11.4. The molecule has 15 heavy (non-hydrogen) atoms. The Morgan fingerprint density at radius 1 is 1.67 bits per heavy atom. The number of nitrogens with zero attached hydrogens (tertiary/aromatic N) is 1. The normalized spacial score (nSPS) is 10.7. The van der Waals surface area contributed by atoms with Gasteiger partial charge in [-0.25, -0.2) is 0 Å². The van der Waals surface area contributed by atoms with Crippen molar-refractivity contribution in [3.05, 3.63) is 11.8 Å². The maximum Gasteiger partial charge on any atom is 0.235 e. The predicted molar refractivity (Wildman–Crippen MR) is 62.0 cm³/mol. The fourth-order valence-electron chi connectivity index (χ4n) is 0.992. The van der Waals surface area contributed by atoms with Crippen LogP contribution in [0.25, 0.3) is 0 Å². The third-order valence-electron chi connectivity index (χ3n) is 1.58. The van der Waals surface area contributed by atoms with Crippen LogP contribution in [0.1, 0.15) is 19.6 Å². The van der Waals surface area contributed by atoms with Crippen LogP contribution in [-0.2, 0) is 4.79 Å². The SMILES string of the molecule is Cc1cc(NC(=O)CSCC(C)C)no1. The van der Waals surface area contributed by atoms with Crippen LogP contribution in [0.5, 0.6) is 0 Å². The molecule has 0 unspecified atom stereocenters. The van der Waals surface area contributed by atoms with Crippen LogP contribution in [0.2, 0.25) is 0 Å². The Labute approximate surface area is 93.8 Å². The van der Waals surface area contributed by atoms with E-state index in [4.69, 9.17) is 4.52 Å². The quantitative estimate of drug-likeness (QED) is 0.840. The first kappa shape index (κ1) is 12.1. The summed E-state index contributed by atoms with van der Waals surface area (Å²) in [5, 5.41) is 6.35. The van der Waals surface area contributed by atoms with Crippen LogP contribution in [0.15, 0.2) is 10.6 Å². The summed E-state index contributed by atoms with van der Waals surface area (Å²) in [6.07, 6.45) is 0. The summed E-state index contributed by atoms with van der Waals surface area (Å²) in [6.45, 7) is 6.05. The van der Waals surface area contributed by atoms with Gasteiger partial charge in [0.2, 0.25) is 5.91 Å². The van der Waals surface area contributed by atoms with E-state index in [1.165, 1.54) is 0 Å². The molecule has 5 heteroatoms. The third kappa shape index (κ3) is 4.88. The molecule has 0 fully saturated rings. The van der Waals surface area contributed by atoms with Crippen molar-refractivity contribution in [2.75, 3.05) is 16.8 Å². The van der Waals surface area contributed by atoms with Crippen molar-refractivity contribution in [2.24, 2.45) is 5.92 Å². The van der Waals surface area contributed by atoms with Gasteiger partial charge >= 0.3 is 0 Å². The first-order valence-electron chi connectivity index (χ1n) is 4.89. The standard InChI is InChI=1S/C10H16N2O2S/c1-7(2)5-15-6-10(13)11-9-4-8(3)14-12-9/h4,7H,5-6H2,1-3H3,(H,11,12,13). The van der Waals surface area contributed by atoms with Gasteiger partial charge in [0, 0.05) is 6.07 Å². The van der Waals surface area contributed by atoms with Crippen LogP contribution in [-0.4, -0.2) is 22.6 Å². The van der Waals surface area contributed by atoms with Gasteiger partial charge < -0.3 is 9.84 Å². The van der Waals surface area contributed by atoms with E-state index in [0.29, 0.717) is 23.2 Å². The minimum absolute atomic E-state index is 0.0334. The molecule has 0 bridgehead atoms. The number of aromatic nitrogens is 1. The largest absolute Gasteiger partial charge is 0.360 e. The lowest BCUT2D eigenvalue weighted by molar-refractivity contribution is -0.113. The Morgan fingerprint density at radius 3 is 2.93 bits per heavy atom. The number of hydrogen-bond donors (Lipinski definition) is 1. The van der Waals surface area contributed by atoms with Crippen LogP contribution < -0.4 is 5.32 Å². The van der Waals surface area contributed by atoms with E-state index in [0.717, 1.165) is 5.75 Å². The van der Waals surface area contributed by atoms with Crippen molar-refractivity contribution in [1.82, 2.24) is 5.16 Å². The number of amides is 1. The minimum atomic E-state index is -0.0334. The van der Waals surface area contributed by atoms with Crippen molar-refractivity contribution in [2.45, 2.75) is 20.8 Å². The van der Waals surface area contributed by atoms with Gasteiger partial charge in [-0.1, -0.05) is 19.0 Å². The zero-order valence-corrected chi connectivity index (χ0v) is 10.1. The van der Waals surface area contributed by atoms with Gasteiger partial charge in [0.15, 0.2) is 5.82 Å². The molecule has 0 atom stereocenters. The average molecular weight is 228 g/mol. The van der Waals surface area contributed by atoms with Gasteiger partial charge in [-0.3, -0.25) is 4.79 Å². The number of carbonyl (C=O) groups excluding carboxylic acids is 1. The molecule has 0 aromatic carbocycles. The Morgan fingerprint density at radius 2 is 2.40 bits per heavy atom. The molecule has 0 aliphatic rings. The molecule has 0 radical (unpaired) electrons. The van der Waals surface area contributed by atoms with Crippen molar-refractivity contribution in [3.8, 4) is 0 Å². The molecule has 0 saturated carbocycles. The summed E-state index contributed by atoms with van der Waals surface area (Å²) in [7, 11) is 0. The van der Waals surface area contributed by atoms with Crippen molar-refractivity contribution >= 4 is 23.5 Å². The Balaban J connectivity index is 2.24. The highest BCUT2D eigenvalue weighted by atomic mass is 32.2. The Bertz CT molecular complexity index is 323. The van der Waals surface area contributed by atoms with Gasteiger partial charge in [0.1, 0.15) is 5.76 Å². The fraction of sp³-hybridized carbons (Fsp3) is 0.600. The van der Waals surface area contributed by atoms with Crippen molar-refractivity contribution in [3.63, 3.8) is 0 Å². The molecule has 1 aromatic rings. The Kier molecular flexibility index (Phi) is 4.68. The molecular formula is C10H16N2O2S. The molecule has 0 aliphatic heterocycles. The summed E-state index contributed by atoms with van der Waals surface area (Å²) in [6, 6.07) is 1.70. The second kappa shape index (κ2) is 5.80. The number of thioether (sulfide) groups is 1. The highest BCUT2D eigenvalue weighted by Gasteiger charge is 2.06. The van der Waals surface area contributed by atoms with E-state index in [1.54, 1.807) is 24.8 Å². The highest BCUT2D eigenvalue weighted by Crippen LogP contribution is 2.10. The number of aryl methyl sites for hydroxylation is 1. The summed E-state index contributed by atoms with van der Waals surface area (Å²) < 4.78 is 4.84. The molecule has 1 rings (SSSR count). The molecule has 0 aliphatic carbocycles. The molecule has 0 spiro atoms. The fourth-order valence-corrected chi connectivity index (χ4v) is 1.84. The van der Waals surface area contributed by atoms with Gasteiger partial charge in [0.05, 0.1) is 5.75 Å². The zero-order chi connectivity index (χ0) is 11.3. The summed E-state index contributed by atoms with van der Waals surface area (Å²) in [5.41, 5.74) is 0. The first-order chi connectivity index (χ1) is 7.08. The number of nitrogens with one attached hydrogen (secondary N) is 1. The van der Waals surface area contributed by atoms with E-state index >= 15 is 0 Å². The molecule has 1 amide bonds. The van der Waals surface area contributed by atoms with Gasteiger partial charge in [-0.2, -0.15) is 11.8 Å². The molecule has 4 nitrogen and oxygen atoms in total. The smallest absolute Gasteiger partial charge is 0.235 e. The number of hydrogen-bond acceptors (Lipinski definition) is 4. The molecule has 0 saturated heterocycles. The van der Waals surface area contributed by atoms with Crippen LogP contribution in [0.4, 0.5) is 5.82 Å². The number of rotatable bonds is 5. The molecule has 1 heterocycles. The summed E-state index contributed by atoms with van der Waals surface area (Å²) >= 11 is 1.63. The van der Waals surface area contributed by atoms with Crippen LogP contribution >= 0.6 is 11.8 Å². The second-order valence-corrected chi connectivity index (χ2v) is 4.81. The lowest BCUT2D eigenvalue weighted by atomic mass is 10.3. The highest BCUT2D eigenvalue weighted by molar-refractivity contribution is 7.99. The monoisotopic (exact) mass is 228 g/mol. The number of carbonyl (C=O) groups is 1. The van der Waals surface area contributed by atoms with E-state index in [2.05, 4.69) is 24.3 Å². The first-order valence-corrected chi connectivity index (χ1v) is 6.04. The number of anilines is 1. The summed E-state index contributed by atoms with van der Waals surface area (Å²) in [5.74, 6) is 3.21. The van der Waals surface area contributed by atoms with Gasteiger partial charge in [0.25, 0.3) is 0 Å². The lowest BCUT2D eigenvalue weighted by Crippen LogP contribution is -2.15. The van der Waals surface area contributed by atoms with Crippen molar-refractivity contribution < 1.29 is 9.32 Å². The van der Waals surface area contributed by atoms with Crippen LogP contribution in [0, 0.1) is 12.8 Å². The second-order valence-electron chi connectivity index (χ2n) is 3.78. The van der Waals surface area contributed by atoms with Crippen LogP contribution in [0.3, 0.4) is 0 Å². The van der Waals surface area contributed by atoms with Crippen molar-refractivity contribution in [1.29, 1.82) is 0 Å². The van der Waals surface area contributed by atoms with E-state index in [-0.39, 0.29) is 5.91 Å². The lowest BCUT2D eigenvalue weighted by Gasteiger charge is -2.03. The zero-order valence-electron chi connectivity index (χ0n) is 9.24. The molecule has 84 valence electrons. The molecule has 1 aromatic heterocycles.